The van der Waals surface area contributed by atoms with E-state index in [0.29, 0.717) is 17.6 Å². The van der Waals surface area contributed by atoms with Crippen LogP contribution < -0.4 is 5.32 Å². The second-order valence-corrected chi connectivity index (χ2v) is 10.2. The highest BCUT2D eigenvalue weighted by Crippen LogP contribution is 2.48. The number of aliphatic hydroxyl groups is 1. The summed E-state index contributed by atoms with van der Waals surface area (Å²) in [5.74, 6) is 0.858. The Hall–Kier alpha value is -3.27. The second kappa shape index (κ2) is 9.41. The number of benzene rings is 1. The normalized spacial score (nSPS) is 23.5. The van der Waals surface area contributed by atoms with Crippen molar-refractivity contribution in [3.63, 3.8) is 0 Å². The van der Waals surface area contributed by atoms with E-state index >= 15 is 0 Å². The number of anilines is 1. The molecule has 0 bridgehead atoms. The predicted molar refractivity (Wildman–Crippen MR) is 133 cm³/mol. The van der Waals surface area contributed by atoms with Gasteiger partial charge in [0.25, 0.3) is 0 Å². The predicted octanol–water partition coefficient (Wildman–Crippen LogP) is 4.32. The van der Waals surface area contributed by atoms with E-state index in [-0.39, 0.29) is 30.0 Å². The van der Waals surface area contributed by atoms with Gasteiger partial charge >= 0.3 is 0 Å². The molecule has 0 saturated heterocycles. The number of hydrogen-bond donors (Lipinski definition) is 2. The largest absolute Gasteiger partial charge is 0.390 e. The highest BCUT2D eigenvalue weighted by Gasteiger charge is 2.44. The topological polar surface area (TPSA) is 110 Å². The average Bonchev–Trinajstić information content (AvgIpc) is 3.44. The van der Waals surface area contributed by atoms with E-state index in [9.17, 15) is 9.90 Å². The van der Waals surface area contributed by atoms with Crippen LogP contribution in [0.4, 0.5) is 5.13 Å². The molecule has 0 radical (unpaired) electrons. The molecule has 9 heteroatoms. The van der Waals surface area contributed by atoms with E-state index in [1.54, 1.807) is 24.8 Å². The Morgan fingerprint density at radius 3 is 2.71 bits per heavy atom. The number of nitrogens with zero attached hydrogens (tertiary/aromatic N) is 4. The smallest absolute Gasteiger partial charge is 0.229 e. The molecule has 2 saturated carbocycles. The Bertz CT molecular complexity index is 1340. The van der Waals surface area contributed by atoms with Crippen LogP contribution in [0.5, 0.6) is 0 Å². The third-order valence-corrected chi connectivity index (χ3v) is 7.70. The Morgan fingerprint density at radius 2 is 1.94 bits per heavy atom. The lowest BCUT2D eigenvalue weighted by molar-refractivity contribution is -0.117. The number of carbonyl (C=O) groups is 1. The Labute approximate surface area is 206 Å². The minimum absolute atomic E-state index is 0.0161. The summed E-state index contributed by atoms with van der Waals surface area (Å²) in [4.78, 5) is 30.2. The second-order valence-electron chi connectivity index (χ2n) is 9.16. The third-order valence-electron chi connectivity index (χ3n) is 6.76. The molecule has 0 spiro atoms. The molecule has 3 aromatic heterocycles. The van der Waals surface area contributed by atoms with E-state index in [1.165, 1.54) is 11.3 Å². The van der Waals surface area contributed by atoms with Gasteiger partial charge < -0.3 is 15.2 Å². The fourth-order valence-corrected chi connectivity index (χ4v) is 5.59. The lowest BCUT2D eigenvalue weighted by Gasteiger charge is -2.14. The maximum absolute atomic E-state index is 12.7. The van der Waals surface area contributed by atoms with Gasteiger partial charge in [-0.15, -0.1) is 0 Å². The molecule has 2 aliphatic rings. The minimum atomic E-state index is -0.387. The van der Waals surface area contributed by atoms with Crippen LogP contribution in [0.2, 0.25) is 0 Å². The molecule has 4 aromatic rings. The van der Waals surface area contributed by atoms with Gasteiger partial charge in [-0.1, -0.05) is 17.4 Å². The molecule has 1 unspecified atom stereocenters. The summed E-state index contributed by atoms with van der Waals surface area (Å²) in [6.45, 7) is 0.294. The first-order valence-corrected chi connectivity index (χ1v) is 12.7. The number of amides is 1. The highest BCUT2D eigenvalue weighted by molar-refractivity contribution is 7.22. The summed E-state index contributed by atoms with van der Waals surface area (Å²) in [5, 5.41) is 13.5. The van der Waals surface area contributed by atoms with Crippen molar-refractivity contribution in [2.24, 2.45) is 5.92 Å². The molecule has 2 N–H and O–H groups in total. The van der Waals surface area contributed by atoms with Gasteiger partial charge in [0.2, 0.25) is 5.91 Å². The summed E-state index contributed by atoms with van der Waals surface area (Å²) in [6.07, 6.45) is 10.1. The lowest BCUT2D eigenvalue weighted by atomic mass is 10.1. The van der Waals surface area contributed by atoms with Gasteiger partial charge in [0.05, 0.1) is 22.4 Å². The van der Waals surface area contributed by atoms with E-state index in [0.717, 1.165) is 52.6 Å². The van der Waals surface area contributed by atoms with E-state index in [2.05, 4.69) is 25.3 Å². The first kappa shape index (κ1) is 22.2. The van der Waals surface area contributed by atoms with Gasteiger partial charge in [-0.05, 0) is 67.0 Å². The van der Waals surface area contributed by atoms with Crippen LogP contribution in [-0.4, -0.2) is 43.2 Å². The van der Waals surface area contributed by atoms with E-state index < -0.39 is 0 Å². The number of thiazole rings is 1. The lowest BCUT2D eigenvalue weighted by Crippen LogP contribution is -2.22. The van der Waals surface area contributed by atoms with Crippen molar-refractivity contribution in [1.29, 1.82) is 0 Å². The van der Waals surface area contributed by atoms with Gasteiger partial charge in [0.1, 0.15) is 6.61 Å². The summed E-state index contributed by atoms with van der Waals surface area (Å²) in [6, 6.07) is 9.92. The zero-order chi connectivity index (χ0) is 23.8. The van der Waals surface area contributed by atoms with Gasteiger partial charge in [-0.25, -0.2) is 15.0 Å². The molecule has 2 fully saturated rings. The number of aliphatic hydroxyl groups excluding tert-OH is 1. The fraction of sp³-hybridized carbons (Fsp3) is 0.346. The molecule has 1 aromatic carbocycles. The number of carbonyl (C=O) groups excluding carboxylic acids is 1. The Kier molecular flexibility index (Phi) is 5.97. The van der Waals surface area contributed by atoms with Crippen LogP contribution in [0.25, 0.3) is 21.3 Å². The number of hydrogen-bond acceptors (Lipinski definition) is 8. The van der Waals surface area contributed by atoms with Crippen molar-refractivity contribution in [2.45, 2.75) is 50.4 Å². The Balaban J connectivity index is 1.10. The van der Waals surface area contributed by atoms with Crippen LogP contribution in [0.1, 0.15) is 43.0 Å². The molecule has 8 nitrogen and oxygen atoms in total. The Morgan fingerprint density at radius 1 is 1.11 bits per heavy atom. The quantitative estimate of drug-likeness (QED) is 0.399. The van der Waals surface area contributed by atoms with Gasteiger partial charge in [-0.2, -0.15) is 0 Å². The number of pyridine rings is 1. The number of fused-ring (bicyclic) bond motifs is 1. The van der Waals surface area contributed by atoms with Crippen molar-refractivity contribution in [2.75, 3.05) is 5.32 Å². The molecule has 1 amide bonds. The summed E-state index contributed by atoms with van der Waals surface area (Å²) in [5.41, 5.74) is 3.88. The molecule has 6 rings (SSSR count). The summed E-state index contributed by atoms with van der Waals surface area (Å²) < 4.78 is 6.76. The first-order chi connectivity index (χ1) is 17.1. The van der Waals surface area contributed by atoms with Crippen LogP contribution in [0, 0.1) is 5.92 Å². The van der Waals surface area contributed by atoms with Crippen molar-refractivity contribution < 1.29 is 14.6 Å². The average molecular weight is 488 g/mol. The fourth-order valence-electron chi connectivity index (χ4n) is 4.68. The molecule has 2 aliphatic carbocycles. The van der Waals surface area contributed by atoms with Crippen LogP contribution in [-0.2, 0) is 16.1 Å². The van der Waals surface area contributed by atoms with E-state index in [1.807, 2.05) is 30.3 Å². The third kappa shape index (κ3) is 4.80. The molecule has 0 aliphatic heterocycles. The minimum Gasteiger partial charge on any atom is -0.390 e. The molecule has 4 atom stereocenters. The van der Waals surface area contributed by atoms with Crippen molar-refractivity contribution in [3.8, 4) is 11.1 Å². The zero-order valence-corrected chi connectivity index (χ0v) is 19.8. The highest BCUT2D eigenvalue weighted by atomic mass is 32.1. The van der Waals surface area contributed by atoms with Crippen molar-refractivity contribution in [1.82, 2.24) is 19.9 Å². The maximum atomic E-state index is 12.7. The van der Waals surface area contributed by atoms with Gasteiger partial charge in [0, 0.05) is 36.3 Å². The van der Waals surface area contributed by atoms with Gasteiger partial charge in [-0.3, -0.25) is 9.78 Å². The molecule has 3 heterocycles. The van der Waals surface area contributed by atoms with Crippen molar-refractivity contribution >= 4 is 32.6 Å². The summed E-state index contributed by atoms with van der Waals surface area (Å²) >= 11 is 1.46. The van der Waals surface area contributed by atoms with Crippen molar-refractivity contribution in [3.05, 3.63) is 66.5 Å². The number of nitrogens with one attached hydrogen (secondary N) is 1. The van der Waals surface area contributed by atoms with Crippen LogP contribution in [0.15, 0.2) is 55.1 Å². The zero-order valence-electron chi connectivity index (χ0n) is 19.0. The monoisotopic (exact) mass is 487 g/mol. The molecular formula is C26H25N5O3S. The van der Waals surface area contributed by atoms with Gasteiger partial charge in [0.15, 0.2) is 11.0 Å². The van der Waals surface area contributed by atoms with Crippen LogP contribution >= 0.6 is 11.3 Å². The number of ether oxygens (including phenoxy) is 1. The summed E-state index contributed by atoms with van der Waals surface area (Å²) in [7, 11) is 0. The molecule has 35 heavy (non-hydrogen) atoms. The standard InChI is InChI=1S/C26H25N5O3S/c32-21-2-1-3-22(21)34-14-24-28-12-17(13-29-24)16-4-5-20-23(10-16)35-26(30-20)31-25(33)19-11-18(19)15-6-8-27-9-7-15/h4-10,12-13,18-19,21-22,32H,1-3,11,14H2,(H,30,31,33)/t18-,19?,21-,22-/m0/s1. The number of rotatable bonds is 7. The number of aromatic nitrogens is 4. The molecule has 178 valence electrons. The molecular weight excluding hydrogens is 462 g/mol. The maximum Gasteiger partial charge on any atom is 0.229 e. The first-order valence-electron chi connectivity index (χ1n) is 11.9. The van der Waals surface area contributed by atoms with E-state index in [4.69, 9.17) is 4.74 Å². The SMILES string of the molecule is O=C(Nc1nc2ccc(-c3cnc(CO[C@H]4CCC[C@@H]4O)nc3)cc2s1)C1C[C@H]1c1ccncc1. The van der Waals surface area contributed by atoms with Crippen LogP contribution in [0.3, 0.4) is 0 Å².